The Morgan fingerprint density at radius 1 is 0.767 bits per heavy atom. The number of aromatic nitrogens is 1. The number of aliphatic imine (C=N–C) groups is 1. The van der Waals surface area contributed by atoms with Crippen LogP contribution in [0.4, 0.5) is 11.4 Å². The fourth-order valence-electron chi connectivity index (χ4n) is 7.49. The molecule has 394 valence electrons. The first-order chi connectivity index (χ1) is 35.3. The molecule has 5 rings (SSSR count). The van der Waals surface area contributed by atoms with Crippen molar-refractivity contribution < 1.29 is 52.5 Å². The molecule has 1 atom stereocenters. The monoisotopic (exact) mass is 1010 g/mol. The van der Waals surface area contributed by atoms with Crippen LogP contribution in [0.3, 0.4) is 0 Å². The van der Waals surface area contributed by atoms with E-state index in [4.69, 9.17) is 24.7 Å². The summed E-state index contributed by atoms with van der Waals surface area (Å²) >= 11 is 0. The van der Waals surface area contributed by atoms with Crippen LogP contribution in [0.2, 0.25) is 0 Å². The zero-order chi connectivity index (χ0) is 52.8. The van der Waals surface area contributed by atoms with Crippen LogP contribution in [-0.2, 0) is 60.6 Å². The van der Waals surface area contributed by atoms with E-state index in [2.05, 4.69) is 39.8 Å². The second-order valence-corrected chi connectivity index (χ2v) is 17.2. The lowest BCUT2D eigenvalue weighted by molar-refractivity contribution is -0.137. The molecule has 3 aromatic rings. The van der Waals surface area contributed by atoms with Gasteiger partial charge in [-0.3, -0.25) is 43.4 Å². The van der Waals surface area contributed by atoms with E-state index in [1.54, 1.807) is 37.6 Å². The Labute approximate surface area is 428 Å². The van der Waals surface area contributed by atoms with Gasteiger partial charge in [0.05, 0.1) is 70.4 Å². The summed E-state index contributed by atoms with van der Waals surface area (Å²) in [5, 5.41) is 8.07. The Morgan fingerprint density at radius 2 is 1.41 bits per heavy atom. The first kappa shape index (κ1) is 58.6. The number of hydrogen-bond acceptors (Lipinski definition) is 14. The number of fused-ring (bicyclic) bond motifs is 1. The van der Waals surface area contributed by atoms with Gasteiger partial charge in [-0.15, -0.1) is 0 Å². The average Bonchev–Trinajstić information content (AvgIpc) is 3.60. The summed E-state index contributed by atoms with van der Waals surface area (Å²) in [7, 11) is 1.58. The van der Waals surface area contributed by atoms with Crippen molar-refractivity contribution in [3.8, 4) is 0 Å². The minimum absolute atomic E-state index is 0.0312. The molecule has 6 amide bonds. The molecule has 0 unspecified atom stereocenters. The minimum Gasteiger partial charge on any atom is -0.387 e. The number of aryl methyl sites for hydroxylation is 1. The van der Waals surface area contributed by atoms with Gasteiger partial charge in [0, 0.05) is 99.9 Å². The number of pyridine rings is 1. The zero-order valence-corrected chi connectivity index (χ0v) is 42.7. The summed E-state index contributed by atoms with van der Waals surface area (Å²) in [5.41, 5.74) is 11.1. The Bertz CT molecular complexity index is 2370. The van der Waals surface area contributed by atoms with Gasteiger partial charge in [-0.2, -0.15) is 0 Å². The molecule has 1 aromatic heterocycles. The molecule has 0 saturated heterocycles. The highest BCUT2D eigenvalue weighted by molar-refractivity contribution is 6.13. The lowest BCUT2D eigenvalue weighted by atomic mass is 9.94. The van der Waals surface area contributed by atoms with Crippen LogP contribution in [0.1, 0.15) is 86.3 Å². The molecule has 0 saturated carbocycles. The maximum Gasteiger partial charge on any atom is 0.255 e. The number of hydrogen-bond donors (Lipinski definition) is 4. The number of benzene rings is 2. The Balaban J connectivity index is 0.000000339. The largest absolute Gasteiger partial charge is 0.387 e. The van der Waals surface area contributed by atoms with E-state index < -0.39 is 11.8 Å². The van der Waals surface area contributed by atoms with Crippen LogP contribution >= 0.6 is 0 Å². The first-order valence-corrected chi connectivity index (χ1v) is 24.9. The Kier molecular flexibility index (Phi) is 26.4. The molecular weight excluding hydrogens is 937 g/mol. The molecule has 19 nitrogen and oxygen atoms in total. The number of amides is 6. The minimum atomic E-state index is -0.396. The van der Waals surface area contributed by atoms with Gasteiger partial charge < -0.3 is 45.5 Å². The van der Waals surface area contributed by atoms with Crippen LogP contribution in [0.15, 0.2) is 89.7 Å². The van der Waals surface area contributed by atoms with Gasteiger partial charge in [0.1, 0.15) is 11.6 Å². The molecule has 0 radical (unpaired) electrons. The smallest absolute Gasteiger partial charge is 0.255 e. The summed E-state index contributed by atoms with van der Waals surface area (Å²) in [5.74, 6) is -0.990. The number of anilines is 1. The SMILES string of the molecule is CCCN(CCC)C(=O)C1=Cc2ccc(C(=O)Nc3cncc(CCC(=O)[C@@H](C)Cc4ccccc4)c3)cc2N=C(N)C1.CNC(=O)CCOCCOCCOCCOCCNC(=O)CCN1C(=O)C=CC1=O. The molecule has 0 aliphatic carbocycles. The van der Waals surface area contributed by atoms with E-state index >= 15 is 0 Å². The molecular formula is C54H72N8O11. The van der Waals surface area contributed by atoms with Gasteiger partial charge in [0.2, 0.25) is 17.7 Å². The summed E-state index contributed by atoms with van der Waals surface area (Å²) in [6, 6.07) is 17.0. The molecule has 2 aromatic carbocycles. The first-order valence-electron chi connectivity index (χ1n) is 24.9. The summed E-state index contributed by atoms with van der Waals surface area (Å²) < 4.78 is 21.2. The van der Waals surface area contributed by atoms with Gasteiger partial charge in [0.25, 0.3) is 17.7 Å². The Hall–Kier alpha value is -6.93. The molecule has 2 aliphatic rings. The fourth-order valence-corrected chi connectivity index (χ4v) is 7.49. The van der Waals surface area contributed by atoms with E-state index in [-0.39, 0.29) is 54.7 Å². The number of Topliss-reactive ketones (excluding diaryl/α,β-unsaturated/α-hetero) is 1. The van der Waals surface area contributed by atoms with E-state index in [0.29, 0.717) is 127 Å². The summed E-state index contributed by atoms with van der Waals surface area (Å²) in [6.45, 7) is 11.1. The molecule has 19 heteroatoms. The van der Waals surface area contributed by atoms with Gasteiger partial charge >= 0.3 is 0 Å². The summed E-state index contributed by atoms with van der Waals surface area (Å²) in [4.78, 5) is 96.2. The molecule has 2 aliphatic heterocycles. The summed E-state index contributed by atoms with van der Waals surface area (Å²) in [6.07, 6.45) is 11.6. The number of amidine groups is 1. The van der Waals surface area contributed by atoms with Crippen LogP contribution < -0.4 is 21.7 Å². The number of carbonyl (C=O) groups is 7. The van der Waals surface area contributed by atoms with Crippen molar-refractivity contribution in [3.63, 3.8) is 0 Å². The van der Waals surface area contributed by atoms with Crippen LogP contribution in [0.5, 0.6) is 0 Å². The number of carbonyl (C=O) groups excluding carboxylic acids is 7. The number of ketones is 1. The van der Waals surface area contributed by atoms with Crippen LogP contribution in [0.25, 0.3) is 6.08 Å². The average molecular weight is 1010 g/mol. The topological polar surface area (TPSA) is 250 Å². The van der Waals surface area contributed by atoms with E-state index in [1.807, 2.05) is 54.3 Å². The highest BCUT2D eigenvalue weighted by Gasteiger charge is 2.24. The number of nitrogens with one attached hydrogen (secondary N) is 3. The molecule has 0 fully saturated rings. The van der Waals surface area contributed by atoms with Crippen molar-refractivity contribution in [3.05, 3.63) is 107 Å². The van der Waals surface area contributed by atoms with Crippen molar-refractivity contribution in [2.75, 3.05) is 91.4 Å². The highest BCUT2D eigenvalue weighted by atomic mass is 16.6. The number of imide groups is 1. The van der Waals surface area contributed by atoms with Crippen molar-refractivity contribution in [2.45, 2.75) is 72.1 Å². The lowest BCUT2D eigenvalue weighted by Crippen LogP contribution is -2.35. The predicted octanol–water partition coefficient (Wildman–Crippen LogP) is 4.76. The second kappa shape index (κ2) is 32.9. The highest BCUT2D eigenvalue weighted by Crippen LogP contribution is 2.29. The maximum absolute atomic E-state index is 13.2. The van der Waals surface area contributed by atoms with Crippen LogP contribution in [-0.4, -0.2) is 148 Å². The maximum atomic E-state index is 13.2. The fraction of sp³-hybridized carbons (Fsp3) is 0.463. The normalized spacial score (nSPS) is 13.2. The third kappa shape index (κ3) is 21.8. The number of rotatable bonds is 31. The third-order valence-corrected chi connectivity index (χ3v) is 11.4. The second-order valence-electron chi connectivity index (χ2n) is 17.2. The third-order valence-electron chi connectivity index (χ3n) is 11.4. The van der Waals surface area contributed by atoms with Crippen molar-refractivity contribution in [1.82, 2.24) is 25.4 Å². The number of nitrogens with two attached hydrogens (primary N) is 1. The molecule has 5 N–H and O–H groups in total. The van der Waals surface area contributed by atoms with Gasteiger partial charge in [-0.05, 0) is 61.1 Å². The van der Waals surface area contributed by atoms with E-state index in [1.165, 1.54) is 12.2 Å². The molecule has 73 heavy (non-hydrogen) atoms. The van der Waals surface area contributed by atoms with Crippen molar-refractivity contribution in [1.29, 1.82) is 0 Å². The number of ether oxygens (including phenoxy) is 4. The number of nitrogens with zero attached hydrogens (tertiary/aromatic N) is 4. The van der Waals surface area contributed by atoms with E-state index in [0.717, 1.165) is 34.4 Å². The lowest BCUT2D eigenvalue weighted by Gasteiger charge is -2.22. The molecule has 0 bridgehead atoms. The van der Waals surface area contributed by atoms with Gasteiger partial charge in [0.15, 0.2) is 0 Å². The quantitative estimate of drug-likeness (QED) is 0.0502. The molecule has 0 spiro atoms. The zero-order valence-electron chi connectivity index (χ0n) is 42.7. The van der Waals surface area contributed by atoms with Gasteiger partial charge in [-0.1, -0.05) is 57.2 Å². The van der Waals surface area contributed by atoms with Gasteiger partial charge in [-0.25, -0.2) is 4.99 Å². The van der Waals surface area contributed by atoms with E-state index in [9.17, 15) is 33.6 Å². The van der Waals surface area contributed by atoms with Crippen molar-refractivity contribution in [2.24, 2.45) is 16.6 Å². The standard InChI is InChI=1S/C35H41N5O3.C19H31N3O8/c1-4-15-40(16-5-2)35(43)29-19-27-12-13-28(20-31(27)39-33(36)21-29)34(42)38-30-18-26(22-37-23-30)11-14-32(41)24(3)17-25-9-7-6-8-10-25;1-20-16(23)5-8-27-10-12-29-14-15-30-13-11-28-9-6-21-17(24)4-7-22-18(25)2-3-19(22)26/h6-10,12-13,18-20,22-24H,4-5,11,14-17,21H2,1-3H3,(H2,36,39)(H,38,42);2-3H,4-15H2,1H3,(H,20,23)(H,21,24)/t24-;/m0./s1. The Morgan fingerprint density at radius 3 is 2.05 bits per heavy atom. The van der Waals surface area contributed by atoms with Crippen LogP contribution in [0, 0.1) is 5.92 Å². The predicted molar refractivity (Wildman–Crippen MR) is 278 cm³/mol. The van der Waals surface area contributed by atoms with Crippen molar-refractivity contribution >= 4 is 64.5 Å². The molecule has 3 heterocycles.